The second-order valence-corrected chi connectivity index (χ2v) is 13.8. The topological polar surface area (TPSA) is 183 Å². The largest absolute Gasteiger partial charge is 0.497 e. The maximum atomic E-state index is 13.7. The summed E-state index contributed by atoms with van der Waals surface area (Å²) in [7, 11) is 4.87. The quantitative estimate of drug-likeness (QED) is 0.116. The van der Waals surface area contributed by atoms with Gasteiger partial charge < -0.3 is 40.1 Å². The Kier molecular flexibility index (Phi) is 10.5. The zero-order valence-corrected chi connectivity index (χ0v) is 27.4. The number of ketones is 1. The summed E-state index contributed by atoms with van der Waals surface area (Å²) in [6.45, 7) is 1.67. The number of nitrogen functional groups attached to an aromatic ring is 1. The number of benzene rings is 1. The van der Waals surface area contributed by atoms with Crippen LogP contribution >= 0.6 is 23.1 Å². The Morgan fingerprint density at radius 3 is 2.63 bits per heavy atom. The Morgan fingerprint density at radius 1 is 1.22 bits per heavy atom. The number of likely N-dealkylation sites (N-methyl/N-ethyl adjacent to an activating group) is 1. The Balaban J connectivity index is 1.35. The number of quaternary nitrogens is 1. The highest BCUT2D eigenvalue weighted by Crippen LogP contribution is 2.46. The standard InChI is InChI=1S/C31H37N5O8S2/c1-36(12-10-21(37)22(38)13-36)11-4-5-18-15-45-28-24(23(18)30(41)44-14-17-6-8-19(42-2)9-7-17)27(39)26(28)34-29(40)25(35-43-3)20-16-46-31(32)33-20/h4-9,16,21-22,24,26,28,37-38H,10-15H2,1-3H3,(H2-,32,33,34,40)/p+1/b5-4+,35-25-/t21-,22+,24?,26+,28-,36?/m0/s1. The highest BCUT2D eigenvalue weighted by molar-refractivity contribution is 8.00. The van der Waals surface area contributed by atoms with Gasteiger partial charge in [0.1, 0.15) is 43.9 Å². The van der Waals surface area contributed by atoms with Gasteiger partial charge in [0.05, 0.1) is 44.8 Å². The third-order valence-electron chi connectivity index (χ3n) is 8.46. The number of piperidine rings is 1. The Labute approximate surface area is 274 Å². The minimum Gasteiger partial charge on any atom is -0.497 e. The molecule has 3 heterocycles. The molecule has 5 N–H and O–H groups in total. The Hall–Kier alpha value is -3.76. The number of hydrogen-bond donors (Lipinski definition) is 4. The van der Waals surface area contributed by atoms with Crippen LogP contribution in [0, 0.1) is 5.92 Å². The minimum atomic E-state index is -0.860. The lowest BCUT2D eigenvalue weighted by Gasteiger charge is -2.46. The van der Waals surface area contributed by atoms with Crippen LogP contribution in [0.2, 0.25) is 0 Å². The number of methoxy groups -OCH3 is 1. The summed E-state index contributed by atoms with van der Waals surface area (Å²) in [5.74, 6) is -1.24. The highest BCUT2D eigenvalue weighted by atomic mass is 32.2. The van der Waals surface area contributed by atoms with Crippen molar-refractivity contribution in [1.29, 1.82) is 0 Å². The number of rotatable bonds is 11. The van der Waals surface area contributed by atoms with Crippen LogP contribution in [0.15, 0.2) is 58.1 Å². The zero-order chi connectivity index (χ0) is 33.0. The van der Waals surface area contributed by atoms with E-state index < -0.39 is 41.3 Å². The van der Waals surface area contributed by atoms with Crippen molar-refractivity contribution in [3.05, 3.63) is 64.2 Å². The lowest BCUT2D eigenvalue weighted by Crippen LogP contribution is -2.66. The number of carbonyl (C=O) groups excluding carboxylic acids is 3. The second kappa shape index (κ2) is 14.3. The van der Waals surface area contributed by atoms with Crippen molar-refractivity contribution in [2.75, 3.05) is 52.4 Å². The van der Waals surface area contributed by atoms with Crippen molar-refractivity contribution in [1.82, 2.24) is 10.3 Å². The number of thiazole rings is 1. The number of nitrogens with zero attached hydrogens (tertiary/aromatic N) is 3. The zero-order valence-electron chi connectivity index (χ0n) is 25.8. The molecule has 0 spiro atoms. The van der Waals surface area contributed by atoms with Crippen molar-refractivity contribution in [3.8, 4) is 5.75 Å². The number of hydrogen-bond acceptors (Lipinski definition) is 13. The number of aliphatic hydroxyl groups excluding tert-OH is 2. The molecule has 1 saturated heterocycles. The molecule has 1 amide bonds. The molecule has 6 atom stereocenters. The van der Waals surface area contributed by atoms with Crippen molar-refractivity contribution in [2.24, 2.45) is 11.1 Å². The first-order chi connectivity index (χ1) is 22.0. The number of likely N-dealkylation sites (tertiary alicyclic amines) is 1. The summed E-state index contributed by atoms with van der Waals surface area (Å²) in [5.41, 5.74) is 7.55. The first-order valence-corrected chi connectivity index (χ1v) is 16.6. The molecular weight excluding hydrogens is 635 g/mol. The number of anilines is 1. The fraction of sp³-hybridized carbons (Fsp3) is 0.452. The Morgan fingerprint density at radius 2 is 1.98 bits per heavy atom. The molecule has 2 aromatic rings. The second-order valence-electron chi connectivity index (χ2n) is 11.7. The molecule has 15 heteroatoms. The van der Waals surface area contributed by atoms with E-state index in [0.29, 0.717) is 47.6 Å². The number of aliphatic hydroxyl groups is 2. The maximum absolute atomic E-state index is 13.7. The summed E-state index contributed by atoms with van der Waals surface area (Å²) < 4.78 is 11.4. The number of ether oxygens (including phenoxy) is 2. The van der Waals surface area contributed by atoms with Gasteiger partial charge in [-0.25, -0.2) is 9.78 Å². The highest BCUT2D eigenvalue weighted by Gasteiger charge is 2.56. The van der Waals surface area contributed by atoms with Crippen molar-refractivity contribution in [2.45, 2.75) is 36.5 Å². The first-order valence-electron chi connectivity index (χ1n) is 14.7. The molecule has 246 valence electrons. The number of thioether (sulfide) groups is 1. The van der Waals surface area contributed by atoms with E-state index in [2.05, 4.69) is 15.5 Å². The summed E-state index contributed by atoms with van der Waals surface area (Å²) in [6, 6.07) is 6.27. The first kappa shape index (κ1) is 33.6. The third kappa shape index (κ3) is 7.28. The maximum Gasteiger partial charge on any atom is 0.335 e. The molecule has 2 fully saturated rings. The van der Waals surface area contributed by atoms with Gasteiger partial charge >= 0.3 is 5.97 Å². The van der Waals surface area contributed by atoms with Crippen LogP contribution in [-0.4, -0.2) is 113 Å². The number of Topliss-reactive ketones (excluding diaryl/α,β-unsaturated/α-hetero) is 1. The average molecular weight is 673 g/mol. The molecule has 5 rings (SSSR count). The van der Waals surface area contributed by atoms with E-state index in [0.717, 1.165) is 16.9 Å². The number of allylic oxidation sites excluding steroid dienone is 1. The van der Waals surface area contributed by atoms with E-state index >= 15 is 0 Å². The fourth-order valence-electron chi connectivity index (χ4n) is 5.87. The molecule has 2 aliphatic heterocycles. The molecule has 1 aromatic carbocycles. The van der Waals surface area contributed by atoms with E-state index in [9.17, 15) is 24.6 Å². The van der Waals surface area contributed by atoms with Gasteiger partial charge in [-0.15, -0.1) is 11.3 Å². The summed E-state index contributed by atoms with van der Waals surface area (Å²) in [6.07, 6.45) is 2.75. The van der Waals surface area contributed by atoms with E-state index in [1.54, 1.807) is 36.8 Å². The third-order valence-corrected chi connectivity index (χ3v) is 10.5. The van der Waals surface area contributed by atoms with Gasteiger partial charge in [-0.05, 0) is 29.3 Å². The summed E-state index contributed by atoms with van der Waals surface area (Å²) in [4.78, 5) is 49.4. The Bertz CT molecular complexity index is 1560. The molecule has 13 nitrogen and oxygen atoms in total. The number of fused-ring (bicyclic) bond motifs is 1. The summed E-state index contributed by atoms with van der Waals surface area (Å²) >= 11 is 2.62. The predicted octanol–water partition coefficient (Wildman–Crippen LogP) is 1.05. The number of nitrogens with one attached hydrogen (secondary N) is 1. The molecule has 1 saturated carbocycles. The minimum absolute atomic E-state index is 0.00496. The van der Waals surface area contributed by atoms with Gasteiger partial charge in [0.15, 0.2) is 16.6 Å². The molecule has 0 radical (unpaired) electrons. The van der Waals surface area contributed by atoms with Gasteiger partial charge in [-0.1, -0.05) is 23.4 Å². The van der Waals surface area contributed by atoms with Crippen LogP contribution in [0.4, 0.5) is 5.13 Å². The molecule has 2 unspecified atom stereocenters. The number of aromatic nitrogens is 1. The number of carbonyl (C=O) groups is 3. The molecule has 1 aromatic heterocycles. The van der Waals surface area contributed by atoms with Gasteiger partial charge in [-0.2, -0.15) is 11.8 Å². The number of amides is 1. The van der Waals surface area contributed by atoms with Crippen LogP contribution in [0.25, 0.3) is 0 Å². The number of nitrogens with two attached hydrogens (primary N) is 1. The van der Waals surface area contributed by atoms with E-state index in [1.165, 1.54) is 18.9 Å². The van der Waals surface area contributed by atoms with Crippen molar-refractivity contribution < 1.29 is 43.4 Å². The van der Waals surface area contributed by atoms with Gasteiger partial charge in [-0.3, -0.25) is 9.59 Å². The monoisotopic (exact) mass is 672 g/mol. The SMILES string of the molecule is CO/N=C(\C(=O)N[C@@H]1C(=O)C2C(C(=O)OCc3ccc(OC)cc3)=C(/C=C/C[N+]3(C)CC[C@H](O)[C@H](O)C3)CS[C@@H]21)c1csc(N)n1. The molecule has 1 aliphatic carbocycles. The lowest BCUT2D eigenvalue weighted by molar-refractivity contribution is -0.913. The van der Waals surface area contributed by atoms with Crippen LogP contribution in [0.1, 0.15) is 17.7 Å². The number of oxime groups is 1. The van der Waals surface area contributed by atoms with Crippen molar-refractivity contribution in [3.63, 3.8) is 0 Å². The number of esters is 1. The smallest absolute Gasteiger partial charge is 0.335 e. The van der Waals surface area contributed by atoms with E-state index in [1.807, 2.05) is 19.2 Å². The van der Waals surface area contributed by atoms with E-state index in [-0.39, 0.29) is 34.5 Å². The van der Waals surface area contributed by atoms with Crippen LogP contribution in [0.3, 0.4) is 0 Å². The normalized spacial score (nSPS) is 28.0. The predicted molar refractivity (Wildman–Crippen MR) is 173 cm³/mol. The molecule has 3 aliphatic rings. The van der Waals surface area contributed by atoms with Crippen LogP contribution in [0.5, 0.6) is 5.75 Å². The van der Waals surface area contributed by atoms with Crippen molar-refractivity contribution >= 4 is 51.6 Å². The van der Waals surface area contributed by atoms with Gasteiger partial charge in [0, 0.05) is 22.8 Å². The van der Waals surface area contributed by atoms with Crippen LogP contribution < -0.4 is 15.8 Å². The van der Waals surface area contributed by atoms with Crippen LogP contribution in [-0.2, 0) is 30.6 Å². The van der Waals surface area contributed by atoms with Gasteiger partial charge in [0.25, 0.3) is 5.91 Å². The molecule has 0 bridgehead atoms. The summed E-state index contributed by atoms with van der Waals surface area (Å²) in [5, 5.41) is 28.1. The lowest BCUT2D eigenvalue weighted by atomic mass is 9.71. The molecular formula is C31H38N5O8S2+. The van der Waals surface area contributed by atoms with E-state index in [4.69, 9.17) is 20.0 Å². The average Bonchev–Trinajstić information content (AvgIpc) is 3.48. The fourth-order valence-corrected chi connectivity index (χ4v) is 7.90. The van der Waals surface area contributed by atoms with Gasteiger partial charge in [0.2, 0.25) is 0 Å². The molecule has 46 heavy (non-hydrogen) atoms.